The highest BCUT2D eigenvalue weighted by atomic mass is 16.5. The zero-order valence-electron chi connectivity index (χ0n) is 12.7. The lowest BCUT2D eigenvalue weighted by Crippen LogP contribution is -1.87. The van der Waals surface area contributed by atoms with Crippen LogP contribution in [0.3, 0.4) is 0 Å². The van der Waals surface area contributed by atoms with Crippen molar-refractivity contribution in [1.82, 2.24) is 0 Å². The molecule has 0 saturated carbocycles. The summed E-state index contributed by atoms with van der Waals surface area (Å²) in [6.07, 6.45) is 7.31. The molecule has 0 aliphatic heterocycles. The van der Waals surface area contributed by atoms with Crippen LogP contribution in [0.1, 0.15) is 11.1 Å². The van der Waals surface area contributed by atoms with Gasteiger partial charge in [-0.1, -0.05) is 72.8 Å². The maximum atomic E-state index is 9.54. The highest BCUT2D eigenvalue weighted by Gasteiger charge is 1.93. The predicted molar refractivity (Wildman–Crippen MR) is 94.7 cm³/mol. The third kappa shape index (κ3) is 7.27. The van der Waals surface area contributed by atoms with Gasteiger partial charge in [0.1, 0.15) is 5.75 Å². The highest BCUT2D eigenvalue weighted by Crippen LogP contribution is 2.18. The summed E-state index contributed by atoms with van der Waals surface area (Å²) in [4.78, 5) is 0. The van der Waals surface area contributed by atoms with Crippen LogP contribution in [0.25, 0.3) is 12.2 Å². The number of ether oxygens (including phenoxy) is 1. The molecule has 0 spiro atoms. The Kier molecular flexibility index (Phi) is 8.83. The fourth-order valence-corrected chi connectivity index (χ4v) is 1.61. The topological polar surface area (TPSA) is 29.5 Å². The molecule has 114 valence electrons. The summed E-state index contributed by atoms with van der Waals surface area (Å²) in [6, 6.07) is 17.3. The van der Waals surface area contributed by atoms with Gasteiger partial charge >= 0.3 is 0 Å². The van der Waals surface area contributed by atoms with Crippen molar-refractivity contribution < 1.29 is 9.84 Å². The van der Waals surface area contributed by atoms with Crippen molar-refractivity contribution in [2.24, 2.45) is 0 Å². The molecular weight excluding hydrogens is 272 g/mol. The van der Waals surface area contributed by atoms with Crippen molar-refractivity contribution in [3.8, 4) is 5.75 Å². The second kappa shape index (κ2) is 11.1. The summed E-state index contributed by atoms with van der Waals surface area (Å²) in [7, 11) is 0. The SMILES string of the molecule is C=CCOCC=C.Oc1ccccc1C=Cc1ccccc1. The quantitative estimate of drug-likeness (QED) is 0.464. The number of hydrogen-bond acceptors (Lipinski definition) is 2. The molecule has 2 aromatic carbocycles. The van der Waals surface area contributed by atoms with E-state index in [1.165, 1.54) is 0 Å². The Hall–Kier alpha value is -2.58. The first-order chi connectivity index (χ1) is 10.8. The molecule has 0 unspecified atom stereocenters. The number of rotatable bonds is 6. The first kappa shape index (κ1) is 17.5. The van der Waals surface area contributed by atoms with Crippen molar-refractivity contribution in [3.05, 3.63) is 91.0 Å². The summed E-state index contributed by atoms with van der Waals surface area (Å²) >= 11 is 0. The summed E-state index contributed by atoms with van der Waals surface area (Å²) in [5, 5.41) is 9.54. The van der Waals surface area contributed by atoms with E-state index in [1.54, 1.807) is 18.2 Å². The minimum Gasteiger partial charge on any atom is -0.507 e. The molecule has 2 aromatic rings. The Balaban J connectivity index is 0.000000295. The minimum atomic E-state index is 0.310. The maximum Gasteiger partial charge on any atom is 0.122 e. The van der Waals surface area contributed by atoms with E-state index in [-0.39, 0.29) is 0 Å². The van der Waals surface area contributed by atoms with E-state index in [0.717, 1.165) is 11.1 Å². The Bertz CT molecular complexity index is 578. The normalized spacial score (nSPS) is 9.82. The van der Waals surface area contributed by atoms with Crippen LogP contribution in [0.15, 0.2) is 79.9 Å². The van der Waals surface area contributed by atoms with E-state index in [9.17, 15) is 5.11 Å². The lowest BCUT2D eigenvalue weighted by atomic mass is 10.1. The smallest absolute Gasteiger partial charge is 0.122 e. The Morgan fingerprint density at radius 1 is 0.818 bits per heavy atom. The Labute approximate surface area is 132 Å². The fourth-order valence-electron chi connectivity index (χ4n) is 1.61. The molecular formula is C20H22O2. The van der Waals surface area contributed by atoms with Crippen molar-refractivity contribution in [2.45, 2.75) is 0 Å². The van der Waals surface area contributed by atoms with Gasteiger partial charge in [-0.25, -0.2) is 0 Å². The molecule has 0 aromatic heterocycles. The number of phenols is 1. The van der Waals surface area contributed by atoms with Crippen LogP contribution in [-0.2, 0) is 4.74 Å². The highest BCUT2D eigenvalue weighted by molar-refractivity contribution is 5.72. The Morgan fingerprint density at radius 3 is 2.00 bits per heavy atom. The van der Waals surface area contributed by atoms with Crippen LogP contribution < -0.4 is 0 Å². The van der Waals surface area contributed by atoms with E-state index in [2.05, 4.69) is 13.2 Å². The monoisotopic (exact) mass is 294 g/mol. The van der Waals surface area contributed by atoms with Gasteiger partial charge in [-0.3, -0.25) is 0 Å². The van der Waals surface area contributed by atoms with E-state index in [0.29, 0.717) is 19.0 Å². The van der Waals surface area contributed by atoms with E-state index < -0.39 is 0 Å². The third-order valence-corrected chi connectivity index (χ3v) is 2.66. The van der Waals surface area contributed by atoms with E-state index in [4.69, 9.17) is 4.74 Å². The van der Waals surface area contributed by atoms with Crippen LogP contribution in [0.4, 0.5) is 0 Å². The van der Waals surface area contributed by atoms with Crippen LogP contribution in [0, 0.1) is 0 Å². The van der Waals surface area contributed by atoms with Crippen LogP contribution in [0.5, 0.6) is 5.75 Å². The lowest BCUT2D eigenvalue weighted by molar-refractivity contribution is 0.194. The summed E-state index contributed by atoms with van der Waals surface area (Å²) in [5.41, 5.74) is 1.96. The van der Waals surface area contributed by atoms with Gasteiger partial charge in [0.2, 0.25) is 0 Å². The molecule has 22 heavy (non-hydrogen) atoms. The average molecular weight is 294 g/mol. The molecule has 0 saturated heterocycles. The number of hydrogen-bond donors (Lipinski definition) is 1. The lowest BCUT2D eigenvalue weighted by Gasteiger charge is -1.97. The van der Waals surface area contributed by atoms with Crippen molar-refractivity contribution in [1.29, 1.82) is 0 Å². The van der Waals surface area contributed by atoms with Crippen molar-refractivity contribution in [2.75, 3.05) is 13.2 Å². The molecule has 0 amide bonds. The number of aromatic hydroxyl groups is 1. The van der Waals surface area contributed by atoms with Crippen LogP contribution in [0.2, 0.25) is 0 Å². The van der Waals surface area contributed by atoms with Crippen LogP contribution >= 0.6 is 0 Å². The van der Waals surface area contributed by atoms with Crippen LogP contribution in [-0.4, -0.2) is 18.3 Å². The summed E-state index contributed by atoms with van der Waals surface area (Å²) < 4.78 is 4.90. The third-order valence-electron chi connectivity index (χ3n) is 2.66. The van der Waals surface area contributed by atoms with Gasteiger partial charge in [-0.2, -0.15) is 0 Å². The zero-order valence-corrected chi connectivity index (χ0v) is 12.7. The number of benzene rings is 2. The van der Waals surface area contributed by atoms with Gasteiger partial charge in [0.25, 0.3) is 0 Å². The molecule has 0 aliphatic carbocycles. The average Bonchev–Trinajstić information content (AvgIpc) is 2.56. The van der Waals surface area contributed by atoms with Gasteiger partial charge < -0.3 is 9.84 Å². The number of phenolic OH excluding ortho intramolecular Hbond substituents is 1. The van der Waals surface area contributed by atoms with Gasteiger partial charge in [-0.15, -0.1) is 13.2 Å². The van der Waals surface area contributed by atoms with Gasteiger partial charge in [0.05, 0.1) is 13.2 Å². The molecule has 0 bridgehead atoms. The molecule has 0 atom stereocenters. The molecule has 0 aliphatic rings. The molecule has 0 heterocycles. The van der Waals surface area contributed by atoms with Crippen molar-refractivity contribution in [3.63, 3.8) is 0 Å². The second-order valence-corrected chi connectivity index (χ2v) is 4.42. The molecule has 0 radical (unpaired) electrons. The first-order valence-corrected chi connectivity index (χ1v) is 7.08. The summed E-state index contributed by atoms with van der Waals surface area (Å²) in [5.74, 6) is 0.310. The van der Waals surface area contributed by atoms with E-state index >= 15 is 0 Å². The largest absolute Gasteiger partial charge is 0.507 e. The molecule has 1 N–H and O–H groups in total. The zero-order chi connectivity index (χ0) is 16.0. The Morgan fingerprint density at radius 2 is 1.41 bits per heavy atom. The summed E-state index contributed by atoms with van der Waals surface area (Å²) in [6.45, 7) is 8.18. The molecule has 2 rings (SSSR count). The van der Waals surface area contributed by atoms with Crippen molar-refractivity contribution >= 4 is 12.2 Å². The van der Waals surface area contributed by atoms with E-state index in [1.807, 2.05) is 60.7 Å². The first-order valence-electron chi connectivity index (χ1n) is 7.08. The maximum absolute atomic E-state index is 9.54. The fraction of sp³-hybridized carbons (Fsp3) is 0.100. The molecule has 0 fully saturated rings. The minimum absolute atomic E-state index is 0.310. The predicted octanol–water partition coefficient (Wildman–Crippen LogP) is 4.94. The standard InChI is InChI=1S/C14H12O.C6H10O/c15-14-9-5-4-8-13(14)11-10-12-6-2-1-3-7-12;1-3-5-7-6-4-2/h1-11,15H;3-4H,1-2,5-6H2. The second-order valence-electron chi connectivity index (χ2n) is 4.42. The molecule has 2 nitrogen and oxygen atoms in total. The van der Waals surface area contributed by atoms with Gasteiger partial charge in [0.15, 0.2) is 0 Å². The number of para-hydroxylation sites is 1. The van der Waals surface area contributed by atoms with Gasteiger partial charge in [-0.05, 0) is 11.6 Å². The van der Waals surface area contributed by atoms with Gasteiger partial charge in [0, 0.05) is 5.56 Å². The molecule has 2 heteroatoms.